The van der Waals surface area contributed by atoms with Crippen LogP contribution in [-0.2, 0) is 6.18 Å². The van der Waals surface area contributed by atoms with Gasteiger partial charge in [0.15, 0.2) is 0 Å². The Morgan fingerprint density at radius 1 is 1.27 bits per heavy atom. The number of anilines is 1. The number of alkyl halides is 3. The molecule has 4 heteroatoms. The SMILES string of the molecule is Cc1cc(C(F)(F)F)cc(C2CC2)c1N. The lowest BCUT2D eigenvalue weighted by molar-refractivity contribution is -0.137. The summed E-state index contributed by atoms with van der Waals surface area (Å²) in [6.07, 6.45) is -2.38. The zero-order valence-corrected chi connectivity index (χ0v) is 8.36. The summed E-state index contributed by atoms with van der Waals surface area (Å²) >= 11 is 0. The molecule has 0 radical (unpaired) electrons. The van der Waals surface area contributed by atoms with Gasteiger partial charge < -0.3 is 5.73 Å². The van der Waals surface area contributed by atoms with Gasteiger partial charge in [-0.1, -0.05) is 0 Å². The van der Waals surface area contributed by atoms with Gasteiger partial charge in [-0.3, -0.25) is 0 Å². The molecule has 0 aliphatic heterocycles. The van der Waals surface area contributed by atoms with Crippen LogP contribution in [0, 0.1) is 6.92 Å². The summed E-state index contributed by atoms with van der Waals surface area (Å²) in [5.41, 5.74) is 6.89. The van der Waals surface area contributed by atoms with Crippen LogP contribution in [0.15, 0.2) is 12.1 Å². The average molecular weight is 215 g/mol. The first-order valence-corrected chi connectivity index (χ1v) is 4.87. The third-order valence-corrected chi connectivity index (χ3v) is 2.76. The number of nitrogens with two attached hydrogens (primary N) is 1. The Balaban J connectivity index is 2.51. The van der Waals surface area contributed by atoms with Crippen LogP contribution in [0.25, 0.3) is 0 Å². The summed E-state index contributed by atoms with van der Waals surface area (Å²) in [5.74, 6) is 0.242. The van der Waals surface area contributed by atoms with Crippen molar-refractivity contribution in [1.82, 2.24) is 0 Å². The lowest BCUT2D eigenvalue weighted by atomic mass is 10.0. The highest BCUT2D eigenvalue weighted by Gasteiger charge is 2.34. The standard InChI is InChI=1S/C11H12F3N/c1-6-4-8(11(12,13)14)5-9(10(6)15)7-2-3-7/h4-5,7H,2-3,15H2,1H3. The van der Waals surface area contributed by atoms with Crippen molar-refractivity contribution in [2.24, 2.45) is 0 Å². The molecule has 1 aliphatic carbocycles. The van der Waals surface area contributed by atoms with E-state index in [4.69, 9.17) is 5.73 Å². The number of nitrogen functional groups attached to an aromatic ring is 1. The minimum absolute atomic E-state index is 0.242. The third kappa shape index (κ3) is 1.94. The molecule has 1 nitrogen and oxygen atoms in total. The normalized spacial score (nSPS) is 16.8. The molecule has 1 aromatic rings. The van der Waals surface area contributed by atoms with Gasteiger partial charge in [-0.25, -0.2) is 0 Å². The predicted octanol–water partition coefficient (Wildman–Crippen LogP) is 3.47. The highest BCUT2D eigenvalue weighted by atomic mass is 19.4. The van der Waals surface area contributed by atoms with Crippen LogP contribution >= 0.6 is 0 Å². The van der Waals surface area contributed by atoms with Crippen LogP contribution in [0.4, 0.5) is 18.9 Å². The average Bonchev–Trinajstić information content (AvgIpc) is 2.90. The number of hydrogen-bond acceptors (Lipinski definition) is 1. The van der Waals surface area contributed by atoms with E-state index in [0.29, 0.717) is 16.8 Å². The largest absolute Gasteiger partial charge is 0.416 e. The van der Waals surface area contributed by atoms with E-state index in [1.165, 1.54) is 6.07 Å². The molecule has 0 unspecified atom stereocenters. The van der Waals surface area contributed by atoms with Crippen LogP contribution in [-0.4, -0.2) is 0 Å². The fraction of sp³-hybridized carbons (Fsp3) is 0.455. The second-order valence-electron chi connectivity index (χ2n) is 4.07. The van der Waals surface area contributed by atoms with Crippen LogP contribution in [0.1, 0.15) is 35.4 Å². The van der Waals surface area contributed by atoms with Crippen molar-refractivity contribution >= 4 is 5.69 Å². The second kappa shape index (κ2) is 3.15. The van der Waals surface area contributed by atoms with Gasteiger partial charge in [0, 0.05) is 5.69 Å². The molecule has 0 spiro atoms. The van der Waals surface area contributed by atoms with Gasteiger partial charge in [-0.2, -0.15) is 13.2 Å². The third-order valence-electron chi connectivity index (χ3n) is 2.76. The highest BCUT2D eigenvalue weighted by Crippen LogP contribution is 2.45. The maximum absolute atomic E-state index is 12.5. The van der Waals surface area contributed by atoms with E-state index < -0.39 is 11.7 Å². The molecule has 82 valence electrons. The number of aryl methyl sites for hydroxylation is 1. The topological polar surface area (TPSA) is 26.0 Å². The maximum Gasteiger partial charge on any atom is 0.416 e. The van der Waals surface area contributed by atoms with E-state index in [1.807, 2.05) is 0 Å². The van der Waals surface area contributed by atoms with Crippen molar-refractivity contribution in [2.75, 3.05) is 5.73 Å². The Morgan fingerprint density at radius 3 is 2.33 bits per heavy atom. The van der Waals surface area contributed by atoms with Gasteiger partial charge in [-0.15, -0.1) is 0 Å². The van der Waals surface area contributed by atoms with Gasteiger partial charge in [0.1, 0.15) is 0 Å². The molecule has 1 aromatic carbocycles. The summed E-state index contributed by atoms with van der Waals surface area (Å²) in [6.45, 7) is 1.62. The highest BCUT2D eigenvalue weighted by molar-refractivity contribution is 5.58. The summed E-state index contributed by atoms with van der Waals surface area (Å²) in [7, 11) is 0. The summed E-state index contributed by atoms with van der Waals surface area (Å²) < 4.78 is 37.6. The van der Waals surface area contributed by atoms with Crippen molar-refractivity contribution in [3.63, 3.8) is 0 Å². The zero-order chi connectivity index (χ0) is 11.2. The molecule has 0 bridgehead atoms. The minimum atomic E-state index is -4.28. The molecule has 0 amide bonds. The molecule has 1 aliphatic rings. The molecule has 0 atom stereocenters. The van der Waals surface area contributed by atoms with Gasteiger partial charge in [0.05, 0.1) is 5.56 Å². The first-order valence-electron chi connectivity index (χ1n) is 4.87. The number of benzene rings is 1. The molecular formula is C11H12F3N. The van der Waals surface area contributed by atoms with Crippen LogP contribution in [0.3, 0.4) is 0 Å². The Kier molecular flexibility index (Phi) is 2.17. The molecule has 0 saturated heterocycles. The van der Waals surface area contributed by atoms with Crippen LogP contribution in [0.2, 0.25) is 0 Å². The van der Waals surface area contributed by atoms with E-state index in [-0.39, 0.29) is 5.92 Å². The van der Waals surface area contributed by atoms with Crippen molar-refractivity contribution in [3.8, 4) is 0 Å². The lowest BCUT2D eigenvalue weighted by Crippen LogP contribution is -2.08. The van der Waals surface area contributed by atoms with Crippen molar-refractivity contribution < 1.29 is 13.2 Å². The van der Waals surface area contributed by atoms with E-state index >= 15 is 0 Å². The fourth-order valence-corrected chi connectivity index (χ4v) is 1.72. The molecule has 2 N–H and O–H groups in total. The van der Waals surface area contributed by atoms with E-state index in [2.05, 4.69) is 0 Å². The molecule has 1 fully saturated rings. The summed E-state index contributed by atoms with van der Waals surface area (Å²) in [4.78, 5) is 0. The van der Waals surface area contributed by atoms with E-state index in [1.54, 1.807) is 6.92 Å². The Morgan fingerprint density at radius 2 is 1.87 bits per heavy atom. The zero-order valence-electron chi connectivity index (χ0n) is 8.36. The second-order valence-corrected chi connectivity index (χ2v) is 4.07. The van der Waals surface area contributed by atoms with Crippen LogP contribution in [0.5, 0.6) is 0 Å². The van der Waals surface area contributed by atoms with Gasteiger partial charge in [0.2, 0.25) is 0 Å². The first kappa shape index (κ1) is 10.3. The van der Waals surface area contributed by atoms with Crippen molar-refractivity contribution in [3.05, 3.63) is 28.8 Å². The minimum Gasteiger partial charge on any atom is -0.398 e. The molecule has 15 heavy (non-hydrogen) atoms. The molecule has 2 rings (SSSR count). The van der Waals surface area contributed by atoms with Crippen molar-refractivity contribution in [1.29, 1.82) is 0 Å². The maximum atomic E-state index is 12.5. The Bertz CT molecular complexity index is 392. The monoisotopic (exact) mass is 215 g/mol. The first-order chi connectivity index (χ1) is 6.89. The lowest BCUT2D eigenvalue weighted by Gasteiger charge is -2.13. The summed E-state index contributed by atoms with van der Waals surface area (Å²) in [6, 6.07) is 2.31. The van der Waals surface area contributed by atoms with E-state index in [0.717, 1.165) is 18.9 Å². The molecule has 0 heterocycles. The number of rotatable bonds is 1. The molecule has 0 aromatic heterocycles. The molecule has 1 saturated carbocycles. The Labute approximate surface area is 86.1 Å². The smallest absolute Gasteiger partial charge is 0.398 e. The summed E-state index contributed by atoms with van der Waals surface area (Å²) in [5, 5.41) is 0. The Hall–Kier alpha value is -1.19. The van der Waals surface area contributed by atoms with Gasteiger partial charge in [0.25, 0.3) is 0 Å². The number of halogens is 3. The van der Waals surface area contributed by atoms with Crippen molar-refractivity contribution in [2.45, 2.75) is 31.9 Å². The molecular weight excluding hydrogens is 203 g/mol. The predicted molar refractivity (Wildman–Crippen MR) is 52.6 cm³/mol. The van der Waals surface area contributed by atoms with Crippen LogP contribution < -0.4 is 5.73 Å². The number of hydrogen-bond donors (Lipinski definition) is 1. The van der Waals surface area contributed by atoms with Gasteiger partial charge >= 0.3 is 6.18 Å². The fourth-order valence-electron chi connectivity index (χ4n) is 1.72. The quantitative estimate of drug-likeness (QED) is 0.713. The van der Waals surface area contributed by atoms with Gasteiger partial charge in [-0.05, 0) is 48.9 Å². The van der Waals surface area contributed by atoms with E-state index in [9.17, 15) is 13.2 Å².